The Morgan fingerprint density at radius 1 is 1.18 bits per heavy atom. The molecule has 40 heavy (non-hydrogen) atoms. The van der Waals surface area contributed by atoms with E-state index in [4.69, 9.17) is 18.3 Å². The molecule has 3 fully saturated rings. The third-order valence-corrected chi connectivity index (χ3v) is 8.12. The number of alkyl halides is 3. The van der Waals surface area contributed by atoms with Gasteiger partial charge in [-0.2, -0.15) is 13.2 Å². The Morgan fingerprint density at radius 3 is 2.55 bits per heavy atom. The van der Waals surface area contributed by atoms with Crippen molar-refractivity contribution in [3.05, 3.63) is 77.4 Å². The summed E-state index contributed by atoms with van der Waals surface area (Å²) in [7, 11) is 1.43. The van der Waals surface area contributed by atoms with Crippen molar-refractivity contribution in [1.29, 1.82) is 0 Å². The van der Waals surface area contributed by atoms with Crippen molar-refractivity contribution in [3.63, 3.8) is 0 Å². The average Bonchev–Trinajstić information content (AvgIpc) is 3.59. The van der Waals surface area contributed by atoms with Crippen LogP contribution in [0.25, 0.3) is 0 Å². The van der Waals surface area contributed by atoms with Gasteiger partial charge in [-0.05, 0) is 43.3 Å². The summed E-state index contributed by atoms with van der Waals surface area (Å²) in [4.78, 5) is 14.6. The van der Waals surface area contributed by atoms with E-state index < -0.39 is 24.1 Å². The maximum atomic E-state index is 13.8. The maximum Gasteiger partial charge on any atom is 0.449 e. The van der Waals surface area contributed by atoms with Gasteiger partial charge >= 0.3 is 12.3 Å². The van der Waals surface area contributed by atoms with Gasteiger partial charge in [-0.25, -0.2) is 9.18 Å². The number of benzene rings is 1. The van der Waals surface area contributed by atoms with Gasteiger partial charge in [-0.3, -0.25) is 4.90 Å². The summed E-state index contributed by atoms with van der Waals surface area (Å²) >= 11 is 0. The third kappa shape index (κ3) is 5.99. The summed E-state index contributed by atoms with van der Waals surface area (Å²) < 4.78 is 77.2. The van der Waals surface area contributed by atoms with Gasteiger partial charge in [0.05, 0.1) is 44.8 Å². The molecule has 0 N–H and O–H groups in total. The molecule has 7 nitrogen and oxygen atoms in total. The Kier molecular flexibility index (Phi) is 7.85. The minimum absolute atomic E-state index is 0.0878. The molecule has 2 bridgehead atoms. The van der Waals surface area contributed by atoms with Gasteiger partial charge in [0, 0.05) is 43.4 Å². The molecule has 216 valence electrons. The number of ether oxygens (including phenoxy) is 2. The molecular weight excluding hydrogens is 532 g/mol. The fourth-order valence-electron chi connectivity index (χ4n) is 6.11. The van der Waals surface area contributed by atoms with Crippen LogP contribution in [0.2, 0.25) is 0 Å². The molecule has 6 rings (SSSR count). The minimum atomic E-state index is -4.73. The second-order valence-corrected chi connectivity index (χ2v) is 10.8. The van der Waals surface area contributed by atoms with E-state index in [-0.39, 0.29) is 29.2 Å². The molecule has 0 saturated carbocycles. The van der Waals surface area contributed by atoms with E-state index in [0.29, 0.717) is 24.5 Å². The van der Waals surface area contributed by atoms with E-state index in [1.807, 2.05) is 0 Å². The van der Waals surface area contributed by atoms with Gasteiger partial charge in [0.1, 0.15) is 23.9 Å². The van der Waals surface area contributed by atoms with Crippen LogP contribution in [-0.2, 0) is 10.9 Å². The number of aryl methyl sites for hydroxylation is 1. The molecule has 1 amide bonds. The molecule has 2 aromatic heterocycles. The highest BCUT2D eigenvalue weighted by Crippen LogP contribution is 2.42. The SMILES string of the molecule is Cc1cc(C(c2ccoc2)N(C)C(=O)O[C@H]2C[N+]3(CCCOc4ccc(F)cc4)CCC2CC3)c(C(F)(F)F)o1. The number of fused-ring (bicyclic) bond motifs is 3. The van der Waals surface area contributed by atoms with Gasteiger partial charge in [-0.1, -0.05) is 0 Å². The molecule has 0 spiro atoms. The Labute approximate surface area is 229 Å². The van der Waals surface area contributed by atoms with Crippen molar-refractivity contribution in [2.24, 2.45) is 5.92 Å². The maximum absolute atomic E-state index is 13.8. The second-order valence-electron chi connectivity index (χ2n) is 10.8. The third-order valence-electron chi connectivity index (χ3n) is 8.12. The topological polar surface area (TPSA) is 65.1 Å². The van der Waals surface area contributed by atoms with Crippen LogP contribution in [-0.4, -0.2) is 61.4 Å². The Bertz CT molecular complexity index is 1280. The summed E-state index contributed by atoms with van der Waals surface area (Å²) in [5, 5.41) is 0. The summed E-state index contributed by atoms with van der Waals surface area (Å²) in [6.45, 7) is 5.37. The first-order valence-electron chi connectivity index (χ1n) is 13.4. The number of rotatable bonds is 9. The molecule has 0 radical (unpaired) electrons. The van der Waals surface area contributed by atoms with Crippen LogP contribution in [0.3, 0.4) is 0 Å². The molecule has 3 aliphatic rings. The van der Waals surface area contributed by atoms with E-state index in [2.05, 4.69) is 0 Å². The smallest absolute Gasteiger partial charge is 0.449 e. The van der Waals surface area contributed by atoms with Crippen LogP contribution in [0.5, 0.6) is 5.75 Å². The lowest BCUT2D eigenvalue weighted by Gasteiger charge is -2.52. The number of carbonyl (C=O) groups is 1. The van der Waals surface area contributed by atoms with Gasteiger partial charge in [0.25, 0.3) is 0 Å². The first-order valence-corrected chi connectivity index (χ1v) is 13.4. The summed E-state index contributed by atoms with van der Waals surface area (Å²) in [5.74, 6) is -0.551. The number of quaternary nitrogens is 1. The zero-order valence-corrected chi connectivity index (χ0v) is 22.5. The van der Waals surface area contributed by atoms with Crippen molar-refractivity contribution in [1.82, 2.24) is 4.90 Å². The van der Waals surface area contributed by atoms with Crippen LogP contribution < -0.4 is 4.74 Å². The monoisotopic (exact) mass is 565 g/mol. The Morgan fingerprint density at radius 2 is 1.90 bits per heavy atom. The largest absolute Gasteiger partial charge is 0.493 e. The number of nitrogens with zero attached hydrogens (tertiary/aromatic N) is 2. The predicted octanol–water partition coefficient (Wildman–Crippen LogP) is 6.57. The standard InChI is InChI=1S/C29H33F4N2O5/c1-19-16-24(27(39-19)29(31,32)33)26(21-10-15-37-18-21)34(2)28(36)40-25-17-35(12-8-20(25)9-13-35)11-3-14-38-23-6-4-22(30)5-7-23/h4-7,10,15-16,18,20,25-26H,3,8-9,11-14,17H2,1-2H3/q+1/t20?,25-,26?,35?/m0/s1. The number of carbonyl (C=O) groups excluding carboxylic acids is 1. The Balaban J connectivity index is 1.25. The molecule has 2 atom stereocenters. The first-order chi connectivity index (χ1) is 19.0. The quantitative estimate of drug-likeness (QED) is 0.167. The molecule has 1 unspecified atom stereocenters. The second kappa shape index (κ2) is 11.2. The van der Waals surface area contributed by atoms with E-state index in [1.54, 1.807) is 12.1 Å². The predicted molar refractivity (Wildman–Crippen MR) is 136 cm³/mol. The van der Waals surface area contributed by atoms with Crippen LogP contribution in [0.15, 0.2) is 57.8 Å². The van der Waals surface area contributed by atoms with E-state index in [1.165, 1.54) is 55.7 Å². The van der Waals surface area contributed by atoms with Crippen molar-refractivity contribution < 1.29 is 45.1 Å². The highest BCUT2D eigenvalue weighted by molar-refractivity contribution is 5.69. The molecule has 3 aliphatic heterocycles. The van der Waals surface area contributed by atoms with Crippen LogP contribution in [0.1, 0.15) is 48.0 Å². The molecule has 11 heteroatoms. The van der Waals surface area contributed by atoms with Gasteiger partial charge < -0.3 is 22.8 Å². The minimum Gasteiger partial charge on any atom is -0.493 e. The molecule has 0 aliphatic carbocycles. The van der Waals surface area contributed by atoms with Gasteiger partial charge in [0.2, 0.25) is 5.76 Å². The number of halogens is 4. The van der Waals surface area contributed by atoms with Crippen molar-refractivity contribution >= 4 is 6.09 Å². The fraction of sp³-hybridized carbons (Fsp3) is 0.483. The Hall–Kier alpha value is -3.47. The van der Waals surface area contributed by atoms with Crippen LogP contribution in [0, 0.1) is 18.7 Å². The zero-order valence-electron chi connectivity index (χ0n) is 22.5. The van der Waals surface area contributed by atoms with E-state index in [0.717, 1.165) is 43.4 Å². The molecule has 3 saturated heterocycles. The van der Waals surface area contributed by atoms with Gasteiger partial charge in [-0.15, -0.1) is 0 Å². The zero-order chi connectivity index (χ0) is 28.5. The average molecular weight is 566 g/mol. The van der Waals surface area contributed by atoms with Crippen molar-refractivity contribution in [2.75, 3.05) is 39.8 Å². The highest BCUT2D eigenvalue weighted by Gasteiger charge is 2.48. The van der Waals surface area contributed by atoms with Crippen molar-refractivity contribution in [2.45, 2.75) is 44.5 Å². The fourth-order valence-corrected chi connectivity index (χ4v) is 6.11. The lowest BCUT2D eigenvalue weighted by molar-refractivity contribution is -0.946. The molecule has 3 aromatic rings. The summed E-state index contributed by atoms with van der Waals surface area (Å²) in [6.07, 6.45) is -0.505. The molecule has 5 heterocycles. The lowest BCUT2D eigenvalue weighted by atomic mass is 9.83. The summed E-state index contributed by atoms with van der Waals surface area (Å²) in [5.41, 5.74) is 0.203. The number of furan rings is 2. The van der Waals surface area contributed by atoms with Crippen LogP contribution >= 0.6 is 0 Å². The number of piperidine rings is 3. The summed E-state index contributed by atoms with van der Waals surface area (Å²) in [6, 6.07) is 7.63. The van der Waals surface area contributed by atoms with Crippen LogP contribution in [0.4, 0.5) is 22.4 Å². The molecular formula is C29H33F4N2O5+. The van der Waals surface area contributed by atoms with E-state index in [9.17, 15) is 22.4 Å². The van der Waals surface area contributed by atoms with Gasteiger partial charge in [0.15, 0.2) is 6.10 Å². The number of amides is 1. The van der Waals surface area contributed by atoms with Crippen molar-refractivity contribution in [3.8, 4) is 5.75 Å². The highest BCUT2D eigenvalue weighted by atomic mass is 19.4. The lowest BCUT2D eigenvalue weighted by Crippen LogP contribution is -2.65. The molecule has 1 aromatic carbocycles. The normalized spacial score (nSPS) is 23.1. The van der Waals surface area contributed by atoms with E-state index >= 15 is 0 Å². The number of hydrogen-bond donors (Lipinski definition) is 0. The number of hydrogen-bond acceptors (Lipinski definition) is 5. The first kappa shape index (κ1) is 28.1.